The number of carbonyl (C=O) groups excluding carboxylic acids is 2. The molecule has 0 unspecified atom stereocenters. The summed E-state index contributed by atoms with van der Waals surface area (Å²) in [6.45, 7) is 3.93. The van der Waals surface area contributed by atoms with Crippen LogP contribution in [-0.2, 0) is 14.3 Å². The zero-order valence-corrected chi connectivity index (χ0v) is 25.4. The van der Waals surface area contributed by atoms with Gasteiger partial charge in [0.05, 0.1) is 35.1 Å². The summed E-state index contributed by atoms with van der Waals surface area (Å²) < 4.78 is 13.0. The number of aromatic nitrogens is 1. The van der Waals surface area contributed by atoms with Crippen molar-refractivity contribution in [1.29, 1.82) is 0 Å². The van der Waals surface area contributed by atoms with Crippen LogP contribution in [0.3, 0.4) is 0 Å². The van der Waals surface area contributed by atoms with Crippen molar-refractivity contribution in [3.63, 3.8) is 0 Å². The molecule has 3 heterocycles. The molecule has 0 saturated carbocycles. The normalized spacial score (nSPS) is 16.7. The number of anilines is 1. The molecule has 0 spiro atoms. The van der Waals surface area contributed by atoms with Crippen molar-refractivity contribution in [2.45, 2.75) is 13.0 Å². The lowest BCUT2D eigenvalue weighted by molar-refractivity contribution is -0.137. The zero-order chi connectivity index (χ0) is 30.6. The van der Waals surface area contributed by atoms with Crippen molar-refractivity contribution < 1.29 is 19.1 Å². The number of fused-ring (bicyclic) bond motifs is 1. The van der Waals surface area contributed by atoms with E-state index in [2.05, 4.69) is 5.32 Å². The van der Waals surface area contributed by atoms with Gasteiger partial charge in [-0.3, -0.25) is 19.0 Å². The average molecular weight is 629 g/mol. The third-order valence-corrected chi connectivity index (χ3v) is 8.62. The zero-order valence-electron chi connectivity index (χ0n) is 23.9. The van der Waals surface area contributed by atoms with Crippen molar-refractivity contribution in [2.24, 2.45) is 4.99 Å². The molecule has 6 rings (SSSR count). The van der Waals surface area contributed by atoms with E-state index in [9.17, 15) is 14.4 Å². The number of hydrogen-bond donors (Lipinski definition) is 1. The monoisotopic (exact) mass is 628 g/mol. The minimum absolute atomic E-state index is 0.0534. The van der Waals surface area contributed by atoms with Gasteiger partial charge in [0.1, 0.15) is 5.75 Å². The molecular weight excluding hydrogens is 600 g/mol. The number of nitrogens with one attached hydrogen (secondary N) is 1. The molecule has 224 valence electrons. The van der Waals surface area contributed by atoms with Crippen molar-refractivity contribution >= 4 is 46.5 Å². The molecule has 2 aliphatic rings. The Morgan fingerprint density at radius 3 is 2.45 bits per heavy atom. The molecule has 0 aliphatic carbocycles. The number of halogens is 1. The van der Waals surface area contributed by atoms with Crippen LogP contribution in [0.5, 0.6) is 5.75 Å². The van der Waals surface area contributed by atoms with Crippen LogP contribution < -0.4 is 24.9 Å². The number of benzene rings is 3. The largest absolute Gasteiger partial charge is 0.484 e. The third kappa shape index (κ3) is 6.37. The van der Waals surface area contributed by atoms with E-state index in [0.717, 1.165) is 11.1 Å². The van der Waals surface area contributed by atoms with E-state index in [1.165, 1.54) is 11.3 Å². The Morgan fingerprint density at radius 2 is 1.75 bits per heavy atom. The molecule has 2 amide bonds. The van der Waals surface area contributed by atoms with Crippen molar-refractivity contribution in [2.75, 3.05) is 38.2 Å². The van der Waals surface area contributed by atoms with Gasteiger partial charge in [-0.05, 0) is 60.5 Å². The van der Waals surface area contributed by atoms with Crippen molar-refractivity contribution in [3.8, 4) is 5.75 Å². The molecule has 11 heteroatoms. The molecule has 4 aromatic rings. The Hall–Kier alpha value is -4.51. The quantitative estimate of drug-likeness (QED) is 0.336. The number of ether oxygens (including phenoxy) is 2. The van der Waals surface area contributed by atoms with Crippen LogP contribution in [0.25, 0.3) is 6.08 Å². The molecule has 1 atom stereocenters. The molecule has 44 heavy (non-hydrogen) atoms. The molecule has 0 radical (unpaired) electrons. The molecular formula is C33H29ClN4O5S. The topological polar surface area (TPSA) is 102 Å². The average Bonchev–Trinajstić information content (AvgIpc) is 3.34. The second kappa shape index (κ2) is 13.0. The van der Waals surface area contributed by atoms with E-state index in [-0.39, 0.29) is 24.0 Å². The summed E-state index contributed by atoms with van der Waals surface area (Å²) in [7, 11) is 0. The predicted octanol–water partition coefficient (Wildman–Crippen LogP) is 3.76. The summed E-state index contributed by atoms with van der Waals surface area (Å²) >= 11 is 7.44. The number of nitrogens with zero attached hydrogens (tertiary/aromatic N) is 3. The standard InChI is InChI=1S/C33H29ClN4O5S/c1-21-29(31(40)36-25-5-3-2-4-6-25)30(23-9-11-24(34)12-10-23)38-32(41)27(44-33(38)35-21)19-22-7-13-26(14-8-22)43-20-28(39)37-15-17-42-18-16-37/h2-14,19,30H,15-18,20H2,1H3,(H,36,40)/b27-19+/t30-/m0/s1. The lowest BCUT2D eigenvalue weighted by atomic mass is 9.95. The predicted molar refractivity (Wildman–Crippen MR) is 170 cm³/mol. The maximum Gasteiger partial charge on any atom is 0.271 e. The van der Waals surface area contributed by atoms with Crippen molar-refractivity contribution in [1.82, 2.24) is 9.47 Å². The summed E-state index contributed by atoms with van der Waals surface area (Å²) in [6, 6.07) is 22.8. The number of hydrogen-bond acceptors (Lipinski definition) is 7. The SMILES string of the molecule is CC1=C(C(=O)Nc2ccccc2)[C@H](c2ccc(Cl)cc2)n2c(s/c(=C/c3ccc(OCC(=O)N4CCOCC4)cc3)c2=O)=N1. The first-order valence-corrected chi connectivity index (χ1v) is 15.3. The first kappa shape index (κ1) is 29.6. The van der Waals surface area contributed by atoms with Crippen LogP contribution in [0.15, 0.2) is 99.9 Å². The molecule has 1 N–H and O–H groups in total. The van der Waals surface area contributed by atoms with Crippen LogP contribution >= 0.6 is 22.9 Å². The van der Waals surface area contributed by atoms with Gasteiger partial charge in [-0.2, -0.15) is 0 Å². The Morgan fingerprint density at radius 1 is 1.05 bits per heavy atom. The van der Waals surface area contributed by atoms with Gasteiger partial charge in [-0.25, -0.2) is 4.99 Å². The van der Waals surface area contributed by atoms with Gasteiger partial charge in [-0.1, -0.05) is 65.4 Å². The van der Waals surface area contributed by atoms with Crippen LogP contribution in [0, 0.1) is 0 Å². The Kier molecular flexibility index (Phi) is 8.74. The second-order valence-corrected chi connectivity index (χ2v) is 11.7. The third-order valence-electron chi connectivity index (χ3n) is 7.39. The van der Waals surface area contributed by atoms with Crippen molar-refractivity contribution in [3.05, 3.63) is 126 Å². The highest BCUT2D eigenvalue weighted by atomic mass is 35.5. The van der Waals surface area contributed by atoms with E-state index in [4.69, 9.17) is 26.1 Å². The van der Waals surface area contributed by atoms with Gasteiger partial charge in [0, 0.05) is 23.8 Å². The van der Waals surface area contributed by atoms with Gasteiger partial charge in [0.2, 0.25) is 0 Å². The Bertz CT molecular complexity index is 1890. The van der Waals surface area contributed by atoms with E-state index in [1.54, 1.807) is 58.9 Å². The highest BCUT2D eigenvalue weighted by molar-refractivity contribution is 7.07. The van der Waals surface area contributed by atoms with Gasteiger partial charge >= 0.3 is 0 Å². The number of para-hydroxylation sites is 1. The molecule has 0 bridgehead atoms. The minimum atomic E-state index is -0.700. The molecule has 9 nitrogen and oxygen atoms in total. The lowest BCUT2D eigenvalue weighted by Crippen LogP contribution is -2.42. The lowest BCUT2D eigenvalue weighted by Gasteiger charge is -2.26. The molecule has 2 aliphatic heterocycles. The Balaban J connectivity index is 1.29. The molecule has 3 aromatic carbocycles. The number of carbonyl (C=O) groups is 2. The first-order chi connectivity index (χ1) is 21.4. The van der Waals surface area contributed by atoms with E-state index < -0.39 is 6.04 Å². The summed E-state index contributed by atoms with van der Waals surface area (Å²) in [5.74, 6) is 0.132. The van der Waals surface area contributed by atoms with Gasteiger partial charge < -0.3 is 19.7 Å². The van der Waals surface area contributed by atoms with Gasteiger partial charge in [0.15, 0.2) is 11.4 Å². The maximum atomic E-state index is 13.9. The smallest absolute Gasteiger partial charge is 0.271 e. The molecule has 1 aromatic heterocycles. The first-order valence-electron chi connectivity index (χ1n) is 14.1. The summed E-state index contributed by atoms with van der Waals surface area (Å²) in [5, 5.41) is 3.50. The fraction of sp³-hybridized carbons (Fsp3) is 0.212. The van der Waals surface area contributed by atoms with Crippen LogP contribution in [0.4, 0.5) is 5.69 Å². The number of amides is 2. The van der Waals surface area contributed by atoms with Crippen LogP contribution in [0.2, 0.25) is 5.02 Å². The number of morpholine rings is 1. The van der Waals surface area contributed by atoms with Crippen LogP contribution in [-0.4, -0.2) is 54.2 Å². The van der Waals surface area contributed by atoms with E-state index >= 15 is 0 Å². The second-order valence-electron chi connectivity index (χ2n) is 10.3. The fourth-order valence-electron chi connectivity index (χ4n) is 5.15. The van der Waals surface area contributed by atoms with Crippen LogP contribution in [0.1, 0.15) is 24.1 Å². The van der Waals surface area contributed by atoms with Gasteiger partial charge in [-0.15, -0.1) is 0 Å². The summed E-state index contributed by atoms with van der Waals surface area (Å²) in [6.07, 6.45) is 1.79. The highest BCUT2D eigenvalue weighted by Gasteiger charge is 2.32. The number of thiazole rings is 1. The van der Waals surface area contributed by atoms with Gasteiger partial charge in [0.25, 0.3) is 17.4 Å². The van der Waals surface area contributed by atoms with E-state index in [0.29, 0.717) is 63.4 Å². The molecule has 1 saturated heterocycles. The summed E-state index contributed by atoms with van der Waals surface area (Å²) in [4.78, 5) is 46.9. The minimum Gasteiger partial charge on any atom is -0.484 e. The number of rotatable bonds is 7. The number of allylic oxidation sites excluding steroid dienone is 1. The maximum absolute atomic E-state index is 13.9. The van der Waals surface area contributed by atoms with E-state index in [1.807, 2.05) is 42.5 Å². The Labute approximate surface area is 262 Å². The molecule has 1 fully saturated rings. The summed E-state index contributed by atoms with van der Waals surface area (Å²) in [5.41, 5.74) is 2.80. The highest BCUT2D eigenvalue weighted by Crippen LogP contribution is 2.31. The fourth-order valence-corrected chi connectivity index (χ4v) is 6.33.